The highest BCUT2D eigenvalue weighted by Gasteiger charge is 2.11. The summed E-state index contributed by atoms with van der Waals surface area (Å²) in [5, 5.41) is 5.56. The zero-order valence-electron chi connectivity index (χ0n) is 16.0. The van der Waals surface area contributed by atoms with Gasteiger partial charge >= 0.3 is 0 Å². The van der Waals surface area contributed by atoms with Gasteiger partial charge in [0, 0.05) is 29.8 Å². The molecule has 0 spiro atoms. The van der Waals surface area contributed by atoms with Crippen LogP contribution < -0.4 is 10.6 Å². The molecule has 0 aliphatic carbocycles. The summed E-state index contributed by atoms with van der Waals surface area (Å²) in [7, 11) is 0. The Morgan fingerprint density at radius 3 is 2.14 bits per heavy atom. The van der Waals surface area contributed by atoms with Gasteiger partial charge < -0.3 is 10.6 Å². The van der Waals surface area contributed by atoms with Crippen molar-refractivity contribution in [1.82, 2.24) is 10.6 Å². The smallest absolute Gasteiger partial charge is 0.251 e. The van der Waals surface area contributed by atoms with Crippen molar-refractivity contribution in [2.75, 3.05) is 6.54 Å². The van der Waals surface area contributed by atoms with E-state index in [0.29, 0.717) is 23.2 Å². The second-order valence-electron chi connectivity index (χ2n) is 6.70. The first-order chi connectivity index (χ1) is 14.1. The number of carbonyl (C=O) groups excluding carboxylic acids is 2. The van der Waals surface area contributed by atoms with E-state index >= 15 is 0 Å². The molecule has 3 aromatic rings. The highest BCUT2D eigenvalue weighted by atomic mass is 19.1. The topological polar surface area (TPSA) is 58.2 Å². The maximum atomic E-state index is 13.7. The van der Waals surface area contributed by atoms with Crippen LogP contribution in [0.3, 0.4) is 0 Å². The van der Waals surface area contributed by atoms with Crippen LogP contribution in [-0.4, -0.2) is 18.4 Å². The maximum absolute atomic E-state index is 13.7. The number of halogens is 1. The molecule has 29 heavy (non-hydrogen) atoms. The van der Waals surface area contributed by atoms with Crippen molar-refractivity contribution in [2.24, 2.45) is 0 Å². The first-order valence-corrected chi connectivity index (χ1v) is 9.57. The molecule has 0 atom stereocenters. The highest BCUT2D eigenvalue weighted by Crippen LogP contribution is 2.09. The Morgan fingerprint density at radius 2 is 1.41 bits per heavy atom. The van der Waals surface area contributed by atoms with Crippen molar-refractivity contribution >= 4 is 11.8 Å². The number of benzene rings is 3. The summed E-state index contributed by atoms with van der Waals surface area (Å²) >= 11 is 0. The molecule has 148 valence electrons. The summed E-state index contributed by atoms with van der Waals surface area (Å²) in [6, 6.07) is 22.9. The summed E-state index contributed by atoms with van der Waals surface area (Å²) in [5.41, 5.74) is 2.42. The predicted molar refractivity (Wildman–Crippen MR) is 111 cm³/mol. The SMILES string of the molecule is O=C(NCCCc1ccccc1)c1cccc(C(=O)NCc2ccccc2F)c1. The van der Waals surface area contributed by atoms with E-state index in [0.717, 1.165) is 12.8 Å². The zero-order valence-corrected chi connectivity index (χ0v) is 16.0. The molecule has 0 aliphatic rings. The van der Waals surface area contributed by atoms with E-state index in [-0.39, 0.29) is 24.2 Å². The van der Waals surface area contributed by atoms with E-state index in [9.17, 15) is 14.0 Å². The lowest BCUT2D eigenvalue weighted by Crippen LogP contribution is -2.26. The average Bonchev–Trinajstić information content (AvgIpc) is 2.76. The minimum absolute atomic E-state index is 0.0847. The Kier molecular flexibility index (Phi) is 7.11. The van der Waals surface area contributed by atoms with E-state index in [2.05, 4.69) is 22.8 Å². The van der Waals surface area contributed by atoms with E-state index in [4.69, 9.17) is 0 Å². The largest absolute Gasteiger partial charge is 0.352 e. The summed E-state index contributed by atoms with van der Waals surface area (Å²) < 4.78 is 13.7. The van der Waals surface area contributed by atoms with Gasteiger partial charge in [0.15, 0.2) is 0 Å². The predicted octanol–water partition coefficient (Wildman–Crippen LogP) is 4.12. The lowest BCUT2D eigenvalue weighted by molar-refractivity contribution is 0.0950. The number of aryl methyl sites for hydroxylation is 1. The molecule has 2 amide bonds. The molecular formula is C24H23FN2O2. The molecule has 0 saturated heterocycles. The summed E-state index contributed by atoms with van der Waals surface area (Å²) in [6.45, 7) is 0.638. The van der Waals surface area contributed by atoms with E-state index in [1.165, 1.54) is 11.6 Å². The molecule has 3 rings (SSSR count). The molecular weight excluding hydrogens is 367 g/mol. The van der Waals surface area contributed by atoms with Crippen LogP contribution in [0.4, 0.5) is 4.39 Å². The number of nitrogens with one attached hydrogen (secondary N) is 2. The number of carbonyl (C=O) groups is 2. The minimum Gasteiger partial charge on any atom is -0.352 e. The van der Waals surface area contributed by atoms with Crippen LogP contribution in [0.15, 0.2) is 78.9 Å². The van der Waals surface area contributed by atoms with Crippen LogP contribution in [0.2, 0.25) is 0 Å². The number of hydrogen-bond acceptors (Lipinski definition) is 2. The van der Waals surface area contributed by atoms with Crippen LogP contribution in [0.1, 0.15) is 38.3 Å². The van der Waals surface area contributed by atoms with E-state index in [1.807, 2.05) is 18.2 Å². The van der Waals surface area contributed by atoms with Gasteiger partial charge in [0.25, 0.3) is 11.8 Å². The molecule has 4 nitrogen and oxygen atoms in total. The van der Waals surface area contributed by atoms with Crippen LogP contribution in [0.25, 0.3) is 0 Å². The highest BCUT2D eigenvalue weighted by molar-refractivity contribution is 5.99. The van der Waals surface area contributed by atoms with Crippen molar-refractivity contribution in [3.8, 4) is 0 Å². The quantitative estimate of drug-likeness (QED) is 0.569. The average molecular weight is 390 g/mol. The van der Waals surface area contributed by atoms with Gasteiger partial charge in [-0.25, -0.2) is 4.39 Å². The third kappa shape index (κ3) is 6.01. The van der Waals surface area contributed by atoms with Crippen LogP contribution in [0.5, 0.6) is 0 Å². The third-order valence-corrected chi connectivity index (χ3v) is 4.55. The zero-order chi connectivity index (χ0) is 20.5. The minimum atomic E-state index is -0.364. The van der Waals surface area contributed by atoms with E-state index in [1.54, 1.807) is 42.5 Å². The molecule has 2 N–H and O–H groups in total. The van der Waals surface area contributed by atoms with Gasteiger partial charge in [-0.15, -0.1) is 0 Å². The molecule has 5 heteroatoms. The molecule has 0 fully saturated rings. The Hall–Kier alpha value is -3.47. The summed E-state index contributed by atoms with van der Waals surface area (Å²) in [6.07, 6.45) is 1.72. The van der Waals surface area contributed by atoms with Crippen molar-refractivity contribution in [1.29, 1.82) is 0 Å². The molecule has 3 aromatic carbocycles. The molecule has 0 unspecified atom stereocenters. The summed E-state index contributed by atoms with van der Waals surface area (Å²) in [5.74, 6) is -0.940. The Morgan fingerprint density at radius 1 is 0.759 bits per heavy atom. The first kappa shape index (κ1) is 20.3. The van der Waals surface area contributed by atoms with Gasteiger partial charge in [-0.05, 0) is 42.7 Å². The molecule has 0 radical (unpaired) electrons. The fraction of sp³-hybridized carbons (Fsp3) is 0.167. The van der Waals surface area contributed by atoms with Crippen molar-refractivity contribution < 1.29 is 14.0 Å². The van der Waals surface area contributed by atoms with Crippen molar-refractivity contribution in [2.45, 2.75) is 19.4 Å². The molecule has 0 bridgehead atoms. The molecule has 0 saturated carbocycles. The molecule has 0 aromatic heterocycles. The third-order valence-electron chi connectivity index (χ3n) is 4.55. The number of amides is 2. The van der Waals surface area contributed by atoms with Gasteiger partial charge in [-0.2, -0.15) is 0 Å². The van der Waals surface area contributed by atoms with Crippen molar-refractivity contribution in [3.63, 3.8) is 0 Å². The van der Waals surface area contributed by atoms with Gasteiger partial charge in [-0.1, -0.05) is 54.6 Å². The van der Waals surface area contributed by atoms with Crippen LogP contribution >= 0.6 is 0 Å². The normalized spacial score (nSPS) is 10.4. The number of hydrogen-bond donors (Lipinski definition) is 2. The van der Waals surface area contributed by atoms with Gasteiger partial charge in [0.05, 0.1) is 0 Å². The van der Waals surface area contributed by atoms with Gasteiger partial charge in [0.2, 0.25) is 0 Å². The first-order valence-electron chi connectivity index (χ1n) is 9.57. The van der Waals surface area contributed by atoms with E-state index < -0.39 is 0 Å². The Labute approximate surface area is 169 Å². The molecule has 0 aliphatic heterocycles. The molecule has 0 heterocycles. The monoisotopic (exact) mass is 390 g/mol. The second-order valence-corrected chi connectivity index (χ2v) is 6.70. The van der Waals surface area contributed by atoms with Crippen molar-refractivity contribution in [3.05, 3.63) is 107 Å². The fourth-order valence-electron chi connectivity index (χ4n) is 2.96. The van der Waals surface area contributed by atoms with Gasteiger partial charge in [0.1, 0.15) is 5.82 Å². The number of rotatable bonds is 8. The lowest BCUT2D eigenvalue weighted by atomic mass is 10.1. The van der Waals surface area contributed by atoms with Crippen LogP contribution in [0, 0.1) is 5.82 Å². The Balaban J connectivity index is 1.50. The lowest BCUT2D eigenvalue weighted by Gasteiger charge is -2.09. The standard InChI is InChI=1S/C24H23FN2O2/c25-22-14-5-4-11-21(22)17-27-24(29)20-13-6-12-19(16-20)23(28)26-15-7-10-18-8-2-1-3-9-18/h1-6,8-9,11-14,16H,7,10,15,17H2,(H,26,28)(H,27,29). The Bertz CT molecular complexity index is 973. The second kappa shape index (κ2) is 10.2. The van der Waals surface area contributed by atoms with Gasteiger partial charge in [-0.3, -0.25) is 9.59 Å². The summed E-state index contributed by atoms with van der Waals surface area (Å²) in [4.78, 5) is 24.7. The maximum Gasteiger partial charge on any atom is 0.251 e. The van der Waals surface area contributed by atoms with Crippen LogP contribution in [-0.2, 0) is 13.0 Å². The fourth-order valence-corrected chi connectivity index (χ4v) is 2.96.